The van der Waals surface area contributed by atoms with Crippen LogP contribution < -0.4 is 5.32 Å². The number of nitrogens with one attached hydrogen (secondary N) is 1. The molecule has 2 aromatic rings. The molecule has 0 amide bonds. The van der Waals surface area contributed by atoms with Crippen LogP contribution in [0, 0.1) is 5.41 Å². The Labute approximate surface area is 130 Å². The summed E-state index contributed by atoms with van der Waals surface area (Å²) in [6, 6.07) is 6.47. The first-order valence-corrected chi connectivity index (χ1v) is 8.55. The van der Waals surface area contributed by atoms with Gasteiger partial charge in [0.15, 0.2) is 0 Å². The van der Waals surface area contributed by atoms with Crippen LogP contribution in [0.2, 0.25) is 0 Å². The molecule has 21 heavy (non-hydrogen) atoms. The molecular formula is C17H23N3S. The van der Waals surface area contributed by atoms with Gasteiger partial charge < -0.3 is 5.32 Å². The minimum absolute atomic E-state index is 0.313. The standard InChI is InChI=1S/C17H23N3S/c1-4-8-18-13-10-17(2,3)11-14-15(13)21-16(20-14)12-7-5-6-9-19-12/h5-7,9,13,18H,4,8,10-11H2,1-3H3. The number of hydrogen-bond donors (Lipinski definition) is 1. The summed E-state index contributed by atoms with van der Waals surface area (Å²) >= 11 is 1.81. The molecule has 0 saturated heterocycles. The Morgan fingerprint density at radius 1 is 1.38 bits per heavy atom. The van der Waals surface area contributed by atoms with Gasteiger partial charge in [-0.3, -0.25) is 4.98 Å². The summed E-state index contributed by atoms with van der Waals surface area (Å²) in [6.45, 7) is 7.97. The van der Waals surface area contributed by atoms with Crippen LogP contribution in [0.1, 0.15) is 50.2 Å². The molecule has 0 bridgehead atoms. The lowest BCUT2D eigenvalue weighted by atomic mass is 9.76. The molecule has 1 aliphatic rings. The van der Waals surface area contributed by atoms with Crippen molar-refractivity contribution in [3.8, 4) is 10.7 Å². The van der Waals surface area contributed by atoms with Gasteiger partial charge in [-0.05, 0) is 43.4 Å². The van der Waals surface area contributed by atoms with Crippen LogP contribution in [0.5, 0.6) is 0 Å². The van der Waals surface area contributed by atoms with E-state index in [0.717, 1.165) is 30.1 Å². The summed E-state index contributed by atoms with van der Waals surface area (Å²) in [4.78, 5) is 10.8. The molecule has 0 saturated carbocycles. The van der Waals surface area contributed by atoms with Crippen molar-refractivity contribution in [1.29, 1.82) is 0 Å². The Balaban J connectivity index is 1.95. The van der Waals surface area contributed by atoms with E-state index >= 15 is 0 Å². The Morgan fingerprint density at radius 3 is 2.95 bits per heavy atom. The van der Waals surface area contributed by atoms with Crippen LogP contribution in [0.4, 0.5) is 0 Å². The first kappa shape index (κ1) is 14.7. The lowest BCUT2D eigenvalue weighted by Gasteiger charge is -2.34. The molecule has 1 N–H and O–H groups in total. The molecule has 0 fully saturated rings. The number of hydrogen-bond acceptors (Lipinski definition) is 4. The lowest BCUT2D eigenvalue weighted by Crippen LogP contribution is -2.33. The zero-order valence-corrected chi connectivity index (χ0v) is 13.8. The lowest BCUT2D eigenvalue weighted by molar-refractivity contribution is 0.258. The first-order chi connectivity index (χ1) is 10.1. The quantitative estimate of drug-likeness (QED) is 0.919. The zero-order chi connectivity index (χ0) is 14.9. The van der Waals surface area contributed by atoms with Crippen molar-refractivity contribution >= 4 is 11.3 Å². The van der Waals surface area contributed by atoms with Crippen molar-refractivity contribution in [2.75, 3.05) is 6.54 Å². The SMILES string of the molecule is CCCNC1CC(C)(C)Cc2nc(-c3ccccn3)sc21. The normalized spacial score (nSPS) is 20.2. The molecule has 1 unspecified atom stereocenters. The van der Waals surface area contributed by atoms with Crippen LogP contribution in [0.25, 0.3) is 10.7 Å². The van der Waals surface area contributed by atoms with Crippen LogP contribution in [-0.2, 0) is 6.42 Å². The van der Waals surface area contributed by atoms with Crippen LogP contribution in [-0.4, -0.2) is 16.5 Å². The molecule has 3 nitrogen and oxygen atoms in total. The van der Waals surface area contributed by atoms with Crippen molar-refractivity contribution < 1.29 is 0 Å². The Morgan fingerprint density at radius 2 is 2.24 bits per heavy atom. The average Bonchev–Trinajstić information content (AvgIpc) is 2.88. The molecular weight excluding hydrogens is 278 g/mol. The minimum Gasteiger partial charge on any atom is -0.309 e. The second-order valence-electron chi connectivity index (χ2n) is 6.60. The van der Waals surface area contributed by atoms with Gasteiger partial charge in [0.25, 0.3) is 0 Å². The van der Waals surface area contributed by atoms with Gasteiger partial charge in [-0.25, -0.2) is 4.98 Å². The number of fused-ring (bicyclic) bond motifs is 1. The third-order valence-electron chi connectivity index (χ3n) is 3.97. The third-order valence-corrected chi connectivity index (χ3v) is 5.21. The van der Waals surface area contributed by atoms with Gasteiger partial charge in [-0.2, -0.15) is 0 Å². The number of pyridine rings is 1. The Kier molecular flexibility index (Phi) is 4.09. The molecule has 4 heteroatoms. The highest BCUT2D eigenvalue weighted by Gasteiger charge is 2.34. The van der Waals surface area contributed by atoms with Crippen molar-refractivity contribution in [3.05, 3.63) is 35.0 Å². The van der Waals surface area contributed by atoms with E-state index in [-0.39, 0.29) is 0 Å². The third kappa shape index (κ3) is 3.16. The van der Waals surface area contributed by atoms with Crippen LogP contribution in [0.15, 0.2) is 24.4 Å². The van der Waals surface area contributed by atoms with E-state index in [0.29, 0.717) is 11.5 Å². The summed E-state index contributed by atoms with van der Waals surface area (Å²) in [5.41, 5.74) is 2.57. The fourth-order valence-corrected chi connectivity index (χ4v) is 4.15. The van der Waals surface area contributed by atoms with Crippen molar-refractivity contribution in [2.24, 2.45) is 5.41 Å². The molecule has 0 aromatic carbocycles. The van der Waals surface area contributed by atoms with E-state index in [1.807, 2.05) is 35.7 Å². The van der Waals surface area contributed by atoms with Gasteiger partial charge in [-0.15, -0.1) is 11.3 Å². The predicted molar refractivity (Wildman–Crippen MR) is 88.5 cm³/mol. The summed E-state index contributed by atoms with van der Waals surface area (Å²) in [7, 11) is 0. The van der Waals surface area contributed by atoms with Gasteiger partial charge in [0.1, 0.15) is 5.01 Å². The Hall–Kier alpha value is -1.26. The van der Waals surface area contributed by atoms with Crippen LogP contribution >= 0.6 is 11.3 Å². The molecule has 1 atom stereocenters. The topological polar surface area (TPSA) is 37.8 Å². The molecule has 2 aromatic heterocycles. The Bertz CT molecular complexity index is 604. The van der Waals surface area contributed by atoms with E-state index in [9.17, 15) is 0 Å². The van der Waals surface area contributed by atoms with E-state index < -0.39 is 0 Å². The average molecular weight is 301 g/mol. The molecule has 2 heterocycles. The second-order valence-corrected chi connectivity index (χ2v) is 7.63. The zero-order valence-electron chi connectivity index (χ0n) is 13.0. The van der Waals surface area contributed by atoms with Gasteiger partial charge in [-0.1, -0.05) is 26.8 Å². The molecule has 0 spiro atoms. The van der Waals surface area contributed by atoms with Crippen LogP contribution in [0.3, 0.4) is 0 Å². The largest absolute Gasteiger partial charge is 0.309 e. The smallest absolute Gasteiger partial charge is 0.142 e. The van der Waals surface area contributed by atoms with E-state index in [4.69, 9.17) is 4.98 Å². The summed E-state index contributed by atoms with van der Waals surface area (Å²) < 4.78 is 0. The fraction of sp³-hybridized carbons (Fsp3) is 0.529. The number of aromatic nitrogens is 2. The van der Waals surface area contributed by atoms with E-state index in [2.05, 4.69) is 31.1 Å². The maximum Gasteiger partial charge on any atom is 0.142 e. The predicted octanol–water partition coefficient (Wildman–Crippen LogP) is 4.22. The molecule has 3 rings (SSSR count). The highest BCUT2D eigenvalue weighted by molar-refractivity contribution is 7.15. The second kappa shape index (κ2) is 5.85. The van der Waals surface area contributed by atoms with Crippen molar-refractivity contribution in [2.45, 2.75) is 46.1 Å². The van der Waals surface area contributed by atoms with Gasteiger partial charge in [0.05, 0.1) is 11.4 Å². The monoisotopic (exact) mass is 301 g/mol. The number of nitrogens with zero attached hydrogens (tertiary/aromatic N) is 2. The van der Waals surface area contributed by atoms with Gasteiger partial charge >= 0.3 is 0 Å². The molecule has 0 aliphatic heterocycles. The maximum atomic E-state index is 4.89. The highest BCUT2D eigenvalue weighted by atomic mass is 32.1. The van der Waals surface area contributed by atoms with E-state index in [1.165, 1.54) is 17.0 Å². The van der Waals surface area contributed by atoms with Crippen molar-refractivity contribution in [1.82, 2.24) is 15.3 Å². The number of rotatable bonds is 4. The van der Waals surface area contributed by atoms with E-state index in [1.54, 1.807) is 0 Å². The maximum absolute atomic E-state index is 4.89. The molecule has 1 aliphatic carbocycles. The molecule has 0 radical (unpaired) electrons. The molecule has 112 valence electrons. The van der Waals surface area contributed by atoms with Gasteiger partial charge in [0, 0.05) is 17.1 Å². The number of thiazole rings is 1. The fourth-order valence-electron chi connectivity index (χ4n) is 3.02. The van der Waals surface area contributed by atoms with Gasteiger partial charge in [0.2, 0.25) is 0 Å². The highest BCUT2D eigenvalue weighted by Crippen LogP contribution is 2.44. The summed E-state index contributed by atoms with van der Waals surface area (Å²) in [5, 5.41) is 4.75. The first-order valence-electron chi connectivity index (χ1n) is 7.73. The summed E-state index contributed by atoms with van der Waals surface area (Å²) in [6.07, 6.45) is 5.25. The summed E-state index contributed by atoms with van der Waals surface area (Å²) in [5.74, 6) is 0. The minimum atomic E-state index is 0.313. The van der Waals surface area contributed by atoms with Crippen molar-refractivity contribution in [3.63, 3.8) is 0 Å².